The van der Waals surface area contributed by atoms with Crippen LogP contribution in [0.25, 0.3) is 0 Å². The van der Waals surface area contributed by atoms with Gasteiger partial charge in [-0.15, -0.1) is 0 Å². The lowest BCUT2D eigenvalue weighted by Crippen LogP contribution is -2.48. The number of nitrogens with zero attached hydrogens (tertiary/aromatic N) is 2. The van der Waals surface area contributed by atoms with Gasteiger partial charge in [0.05, 0.1) is 26.4 Å². The summed E-state index contributed by atoms with van der Waals surface area (Å²) in [6.45, 7) is 7.45. The molecule has 0 aromatic heterocycles. The predicted octanol–water partition coefficient (Wildman–Crippen LogP) is 4.62. The fourth-order valence-electron chi connectivity index (χ4n) is 5.27. The smallest absolute Gasteiger partial charge is 0.257 e. The lowest BCUT2D eigenvalue weighted by molar-refractivity contribution is 0.0282. The zero-order valence-electron chi connectivity index (χ0n) is 20.1. The molecule has 0 unspecified atom stereocenters. The third kappa shape index (κ3) is 5.11. The summed E-state index contributed by atoms with van der Waals surface area (Å²) in [7, 11) is 3.18. The van der Waals surface area contributed by atoms with E-state index >= 15 is 0 Å². The second kappa shape index (κ2) is 10.5. The average molecular weight is 453 g/mol. The number of rotatable bonds is 7. The van der Waals surface area contributed by atoms with E-state index in [2.05, 4.69) is 23.1 Å². The van der Waals surface area contributed by atoms with Crippen LogP contribution in [0.1, 0.15) is 48.5 Å². The van der Waals surface area contributed by atoms with Crippen LogP contribution in [0, 0.1) is 5.41 Å². The summed E-state index contributed by atoms with van der Waals surface area (Å²) in [6, 6.07) is 13.9. The first-order valence-electron chi connectivity index (χ1n) is 12.0. The Kier molecular flexibility index (Phi) is 7.43. The van der Waals surface area contributed by atoms with E-state index in [4.69, 9.17) is 14.2 Å². The van der Waals surface area contributed by atoms with Crippen LogP contribution in [0.5, 0.6) is 17.2 Å². The zero-order chi connectivity index (χ0) is 23.3. The van der Waals surface area contributed by atoms with Gasteiger partial charge in [-0.1, -0.05) is 24.3 Å². The van der Waals surface area contributed by atoms with E-state index in [0.717, 1.165) is 51.3 Å². The molecule has 1 amide bonds. The molecule has 2 aromatic rings. The molecule has 2 heterocycles. The maximum absolute atomic E-state index is 13.2. The molecular weight excluding hydrogens is 416 g/mol. The molecule has 2 aromatic carbocycles. The zero-order valence-corrected chi connectivity index (χ0v) is 20.1. The standard InChI is InChI=1S/C27H36N2O4/c1-4-33-23-10-6-5-8-21(23)20-28-16-12-27(13-17-28)14-18-29(19-15-27)26(30)22-9-7-11-24(31-2)25(22)32-3/h5-11H,4,12-20H2,1-3H3. The van der Waals surface area contributed by atoms with Crippen molar-refractivity contribution in [1.29, 1.82) is 0 Å². The molecule has 0 radical (unpaired) electrons. The first-order chi connectivity index (χ1) is 16.1. The van der Waals surface area contributed by atoms with E-state index in [9.17, 15) is 4.79 Å². The van der Waals surface area contributed by atoms with E-state index in [1.165, 1.54) is 18.4 Å². The molecule has 2 fully saturated rings. The number of carbonyl (C=O) groups excluding carboxylic acids is 1. The van der Waals surface area contributed by atoms with Crippen molar-refractivity contribution in [2.24, 2.45) is 5.41 Å². The Morgan fingerprint density at radius 3 is 2.21 bits per heavy atom. The van der Waals surface area contributed by atoms with Crippen molar-refractivity contribution in [1.82, 2.24) is 9.80 Å². The Hall–Kier alpha value is -2.73. The molecule has 0 N–H and O–H groups in total. The van der Waals surface area contributed by atoms with E-state index in [1.807, 2.05) is 36.1 Å². The van der Waals surface area contributed by atoms with Crippen LogP contribution in [-0.4, -0.2) is 62.7 Å². The van der Waals surface area contributed by atoms with Gasteiger partial charge in [0.1, 0.15) is 5.75 Å². The molecule has 178 valence electrons. The Balaban J connectivity index is 1.33. The second-order valence-electron chi connectivity index (χ2n) is 9.15. The number of hydrogen-bond acceptors (Lipinski definition) is 5. The molecule has 33 heavy (non-hydrogen) atoms. The van der Waals surface area contributed by atoms with Crippen molar-refractivity contribution >= 4 is 5.91 Å². The molecule has 0 saturated carbocycles. The van der Waals surface area contributed by atoms with E-state index in [0.29, 0.717) is 29.1 Å². The number of para-hydroxylation sites is 2. The van der Waals surface area contributed by atoms with E-state index in [1.54, 1.807) is 14.2 Å². The molecule has 6 heteroatoms. The molecule has 0 bridgehead atoms. The molecule has 2 saturated heterocycles. The highest BCUT2D eigenvalue weighted by Gasteiger charge is 2.39. The average Bonchev–Trinajstić information content (AvgIpc) is 2.86. The van der Waals surface area contributed by atoms with Gasteiger partial charge < -0.3 is 19.1 Å². The number of piperidine rings is 2. The number of hydrogen-bond donors (Lipinski definition) is 0. The quantitative estimate of drug-likeness (QED) is 0.614. The van der Waals surface area contributed by atoms with Gasteiger partial charge in [-0.2, -0.15) is 0 Å². The van der Waals surface area contributed by atoms with Crippen LogP contribution in [0.15, 0.2) is 42.5 Å². The van der Waals surface area contributed by atoms with Gasteiger partial charge in [0.2, 0.25) is 0 Å². The summed E-state index contributed by atoms with van der Waals surface area (Å²) >= 11 is 0. The monoisotopic (exact) mass is 452 g/mol. The molecule has 2 aliphatic heterocycles. The van der Waals surface area contributed by atoms with Crippen molar-refractivity contribution < 1.29 is 19.0 Å². The van der Waals surface area contributed by atoms with Gasteiger partial charge in [0.15, 0.2) is 11.5 Å². The number of likely N-dealkylation sites (tertiary alicyclic amines) is 2. The summed E-state index contributed by atoms with van der Waals surface area (Å²) in [4.78, 5) is 17.8. The van der Waals surface area contributed by atoms with Gasteiger partial charge in [0, 0.05) is 25.2 Å². The number of amides is 1. The van der Waals surface area contributed by atoms with Crippen LogP contribution in [0.4, 0.5) is 0 Å². The molecule has 1 spiro atoms. The van der Waals surface area contributed by atoms with Crippen LogP contribution < -0.4 is 14.2 Å². The van der Waals surface area contributed by atoms with Crippen molar-refractivity contribution in [3.8, 4) is 17.2 Å². The largest absolute Gasteiger partial charge is 0.494 e. The fraction of sp³-hybridized carbons (Fsp3) is 0.519. The third-order valence-electron chi connectivity index (χ3n) is 7.33. The predicted molar refractivity (Wildman–Crippen MR) is 129 cm³/mol. The van der Waals surface area contributed by atoms with Gasteiger partial charge in [-0.05, 0) is 69.3 Å². The summed E-state index contributed by atoms with van der Waals surface area (Å²) in [5, 5.41) is 0. The molecular formula is C27H36N2O4. The van der Waals surface area contributed by atoms with Gasteiger partial charge in [-0.3, -0.25) is 9.69 Å². The highest BCUT2D eigenvalue weighted by atomic mass is 16.5. The number of methoxy groups -OCH3 is 2. The number of benzene rings is 2. The van der Waals surface area contributed by atoms with Gasteiger partial charge in [0.25, 0.3) is 5.91 Å². The Morgan fingerprint density at radius 1 is 0.879 bits per heavy atom. The Bertz CT molecular complexity index is 943. The topological polar surface area (TPSA) is 51.2 Å². The summed E-state index contributed by atoms with van der Waals surface area (Å²) in [5.41, 5.74) is 2.20. The normalized spacial score (nSPS) is 18.2. The number of carbonyl (C=O) groups is 1. The highest BCUT2D eigenvalue weighted by molar-refractivity contribution is 5.97. The van der Waals surface area contributed by atoms with Gasteiger partial charge >= 0.3 is 0 Å². The Morgan fingerprint density at radius 2 is 1.55 bits per heavy atom. The molecule has 2 aliphatic rings. The summed E-state index contributed by atoms with van der Waals surface area (Å²) in [6.07, 6.45) is 4.51. The third-order valence-corrected chi connectivity index (χ3v) is 7.33. The van der Waals surface area contributed by atoms with Crippen LogP contribution >= 0.6 is 0 Å². The van der Waals surface area contributed by atoms with Crippen molar-refractivity contribution in [2.75, 3.05) is 47.0 Å². The fourth-order valence-corrected chi connectivity index (χ4v) is 5.27. The lowest BCUT2D eigenvalue weighted by Gasteiger charge is -2.47. The minimum Gasteiger partial charge on any atom is -0.494 e. The second-order valence-corrected chi connectivity index (χ2v) is 9.15. The SMILES string of the molecule is CCOc1ccccc1CN1CCC2(CC1)CCN(C(=O)c1cccc(OC)c1OC)CC2. The van der Waals surface area contributed by atoms with Crippen LogP contribution in [0.3, 0.4) is 0 Å². The lowest BCUT2D eigenvalue weighted by atomic mass is 9.71. The minimum atomic E-state index is 0.0329. The van der Waals surface area contributed by atoms with Gasteiger partial charge in [-0.25, -0.2) is 0 Å². The van der Waals surface area contributed by atoms with E-state index in [-0.39, 0.29) is 5.91 Å². The van der Waals surface area contributed by atoms with Crippen molar-refractivity contribution in [2.45, 2.75) is 39.2 Å². The highest BCUT2D eigenvalue weighted by Crippen LogP contribution is 2.42. The Labute approximate surface area is 197 Å². The van der Waals surface area contributed by atoms with Crippen LogP contribution in [0.2, 0.25) is 0 Å². The first-order valence-corrected chi connectivity index (χ1v) is 12.0. The van der Waals surface area contributed by atoms with Crippen molar-refractivity contribution in [3.05, 3.63) is 53.6 Å². The first kappa shape index (κ1) is 23.4. The minimum absolute atomic E-state index is 0.0329. The number of ether oxygens (including phenoxy) is 3. The summed E-state index contributed by atoms with van der Waals surface area (Å²) < 4.78 is 16.7. The molecule has 0 atom stereocenters. The summed E-state index contributed by atoms with van der Waals surface area (Å²) in [5.74, 6) is 2.15. The molecule has 4 rings (SSSR count). The van der Waals surface area contributed by atoms with E-state index < -0.39 is 0 Å². The maximum atomic E-state index is 13.2. The molecule has 0 aliphatic carbocycles. The van der Waals surface area contributed by atoms with Crippen molar-refractivity contribution in [3.63, 3.8) is 0 Å². The van der Waals surface area contributed by atoms with Crippen LogP contribution in [-0.2, 0) is 6.54 Å². The maximum Gasteiger partial charge on any atom is 0.257 e. The molecule has 6 nitrogen and oxygen atoms in total.